The van der Waals surface area contributed by atoms with Crippen LogP contribution in [-0.4, -0.2) is 48.7 Å². The summed E-state index contributed by atoms with van der Waals surface area (Å²) >= 11 is 0. The molecule has 0 saturated heterocycles. The Hall–Kier alpha value is -0.820. The van der Waals surface area contributed by atoms with Gasteiger partial charge in [-0.15, -0.1) is 0 Å². The molecule has 3 N–H and O–H groups in total. The van der Waals surface area contributed by atoms with Gasteiger partial charge in [0.05, 0.1) is 6.54 Å². The monoisotopic (exact) mass is 267 g/mol. The van der Waals surface area contributed by atoms with Crippen molar-refractivity contribution in [1.29, 1.82) is 0 Å². The number of nitrogens with one attached hydrogen (secondary N) is 1. The van der Waals surface area contributed by atoms with Crippen molar-refractivity contribution in [1.82, 2.24) is 10.2 Å². The maximum absolute atomic E-state index is 12.9. The van der Waals surface area contributed by atoms with Gasteiger partial charge in [0.25, 0.3) is 0 Å². The topological polar surface area (TPSA) is 58.4 Å². The molecule has 0 aromatic heterocycles. The second-order valence-corrected chi connectivity index (χ2v) is 4.82. The van der Waals surface area contributed by atoms with Gasteiger partial charge < -0.3 is 11.1 Å². The van der Waals surface area contributed by atoms with Crippen molar-refractivity contribution in [2.45, 2.75) is 50.5 Å². The maximum Gasteiger partial charge on any atom is 0.405 e. The van der Waals surface area contributed by atoms with Crippen LogP contribution in [0.1, 0.15) is 26.2 Å². The molecule has 18 heavy (non-hydrogen) atoms. The fourth-order valence-corrected chi connectivity index (χ4v) is 1.87. The summed E-state index contributed by atoms with van der Waals surface area (Å²) in [5.41, 5.74) is 5.50. The number of halogens is 3. The molecule has 2 atom stereocenters. The highest BCUT2D eigenvalue weighted by Gasteiger charge is 2.45. The highest BCUT2D eigenvalue weighted by atomic mass is 19.4. The van der Waals surface area contributed by atoms with Crippen molar-refractivity contribution in [2.24, 2.45) is 5.73 Å². The standard InChI is InChI=1S/C11H20F3N3O/c1-3-8(15)10(11(12,13)14)17(2)6-9(18)16-7-4-5-7/h7-8,10H,3-6,15H2,1-2H3,(H,16,18). The minimum Gasteiger partial charge on any atom is -0.352 e. The zero-order valence-corrected chi connectivity index (χ0v) is 10.6. The van der Waals surface area contributed by atoms with Crippen molar-refractivity contribution in [2.75, 3.05) is 13.6 Å². The fourth-order valence-electron chi connectivity index (χ4n) is 1.87. The van der Waals surface area contributed by atoms with Gasteiger partial charge in [0.15, 0.2) is 0 Å². The Balaban J connectivity index is 2.57. The largest absolute Gasteiger partial charge is 0.405 e. The van der Waals surface area contributed by atoms with Crippen LogP contribution in [0.2, 0.25) is 0 Å². The average Bonchev–Trinajstić information content (AvgIpc) is 2.98. The molecule has 0 aliphatic heterocycles. The molecule has 0 radical (unpaired) electrons. The lowest BCUT2D eigenvalue weighted by Crippen LogP contribution is -2.56. The van der Waals surface area contributed by atoms with Gasteiger partial charge in [-0.1, -0.05) is 6.92 Å². The van der Waals surface area contributed by atoms with Crippen LogP contribution in [0.25, 0.3) is 0 Å². The molecule has 1 aliphatic rings. The molecule has 106 valence electrons. The SMILES string of the molecule is CCC(N)C(N(C)CC(=O)NC1CC1)C(F)(F)F. The number of likely N-dealkylation sites (N-methyl/N-ethyl adjacent to an activating group) is 1. The van der Waals surface area contributed by atoms with Crippen LogP contribution in [-0.2, 0) is 4.79 Å². The predicted octanol–water partition coefficient (Wildman–Crippen LogP) is 0.865. The first-order valence-electron chi connectivity index (χ1n) is 6.07. The Kier molecular flexibility index (Phi) is 4.98. The van der Waals surface area contributed by atoms with Crippen LogP contribution < -0.4 is 11.1 Å². The van der Waals surface area contributed by atoms with Crippen molar-refractivity contribution in [3.63, 3.8) is 0 Å². The van der Waals surface area contributed by atoms with Crippen molar-refractivity contribution < 1.29 is 18.0 Å². The third-order valence-corrected chi connectivity index (χ3v) is 3.02. The zero-order chi connectivity index (χ0) is 13.9. The first kappa shape index (κ1) is 15.2. The third kappa shape index (κ3) is 4.45. The second-order valence-electron chi connectivity index (χ2n) is 4.82. The van der Waals surface area contributed by atoms with Gasteiger partial charge in [-0.2, -0.15) is 13.2 Å². The fraction of sp³-hybridized carbons (Fsp3) is 0.909. The lowest BCUT2D eigenvalue weighted by Gasteiger charge is -2.33. The van der Waals surface area contributed by atoms with Crippen molar-refractivity contribution in [3.05, 3.63) is 0 Å². The summed E-state index contributed by atoms with van der Waals surface area (Å²) in [4.78, 5) is 12.5. The molecule has 1 rings (SSSR count). The number of nitrogens with zero attached hydrogens (tertiary/aromatic N) is 1. The molecule has 2 unspecified atom stereocenters. The summed E-state index contributed by atoms with van der Waals surface area (Å²) in [5, 5.41) is 2.66. The van der Waals surface area contributed by atoms with E-state index in [4.69, 9.17) is 5.73 Å². The molecule has 1 saturated carbocycles. The van der Waals surface area contributed by atoms with E-state index in [-0.39, 0.29) is 24.9 Å². The van der Waals surface area contributed by atoms with Crippen molar-refractivity contribution >= 4 is 5.91 Å². The van der Waals surface area contributed by atoms with Gasteiger partial charge >= 0.3 is 6.18 Å². The van der Waals surface area contributed by atoms with Gasteiger partial charge in [-0.05, 0) is 26.3 Å². The summed E-state index contributed by atoms with van der Waals surface area (Å²) in [7, 11) is 1.28. The van der Waals surface area contributed by atoms with E-state index in [2.05, 4.69) is 5.32 Å². The Morgan fingerprint density at radius 2 is 2.06 bits per heavy atom. The van der Waals surface area contributed by atoms with E-state index in [0.29, 0.717) is 0 Å². The van der Waals surface area contributed by atoms with Crippen LogP contribution in [0.3, 0.4) is 0 Å². The van der Waals surface area contributed by atoms with Gasteiger partial charge in [-0.25, -0.2) is 0 Å². The predicted molar refractivity (Wildman–Crippen MR) is 61.9 cm³/mol. The van der Waals surface area contributed by atoms with Crippen molar-refractivity contribution in [3.8, 4) is 0 Å². The number of hydrogen-bond donors (Lipinski definition) is 2. The molecule has 1 fully saturated rings. The minimum absolute atomic E-state index is 0.148. The van der Waals surface area contributed by atoms with Crippen LogP contribution in [0.15, 0.2) is 0 Å². The number of alkyl halides is 3. The molecular weight excluding hydrogens is 247 g/mol. The molecule has 1 amide bonds. The van der Waals surface area contributed by atoms with E-state index >= 15 is 0 Å². The van der Waals surface area contributed by atoms with E-state index in [0.717, 1.165) is 17.7 Å². The van der Waals surface area contributed by atoms with Gasteiger partial charge in [0, 0.05) is 12.1 Å². The first-order chi connectivity index (χ1) is 8.25. The Labute approximate surface area is 105 Å². The third-order valence-electron chi connectivity index (χ3n) is 3.02. The van der Waals surface area contributed by atoms with Crippen LogP contribution >= 0.6 is 0 Å². The van der Waals surface area contributed by atoms with Crippen LogP contribution in [0, 0.1) is 0 Å². The number of amides is 1. The zero-order valence-electron chi connectivity index (χ0n) is 10.6. The van der Waals surface area contributed by atoms with E-state index < -0.39 is 18.3 Å². The molecule has 1 aliphatic carbocycles. The maximum atomic E-state index is 12.9. The molecule has 7 heteroatoms. The highest BCUT2D eigenvalue weighted by molar-refractivity contribution is 5.78. The van der Waals surface area contributed by atoms with Crippen LogP contribution in [0.5, 0.6) is 0 Å². The summed E-state index contributed by atoms with van der Waals surface area (Å²) in [5.74, 6) is -0.377. The highest BCUT2D eigenvalue weighted by Crippen LogP contribution is 2.27. The number of carbonyl (C=O) groups is 1. The van der Waals surface area contributed by atoms with E-state index in [1.807, 2.05) is 0 Å². The molecule has 0 aromatic carbocycles. The lowest BCUT2D eigenvalue weighted by atomic mass is 10.0. The molecule has 0 heterocycles. The van der Waals surface area contributed by atoms with E-state index in [1.54, 1.807) is 6.92 Å². The molecular formula is C11H20F3N3O. The molecule has 0 aromatic rings. The normalized spacial score (nSPS) is 19.7. The lowest BCUT2D eigenvalue weighted by molar-refractivity contribution is -0.186. The van der Waals surface area contributed by atoms with Gasteiger partial charge in [-0.3, -0.25) is 9.69 Å². The van der Waals surface area contributed by atoms with E-state index in [9.17, 15) is 18.0 Å². The summed E-state index contributed by atoms with van der Waals surface area (Å²) in [6, 6.07) is -2.66. The number of rotatable bonds is 6. The quantitative estimate of drug-likeness (QED) is 0.750. The van der Waals surface area contributed by atoms with Crippen LogP contribution in [0.4, 0.5) is 13.2 Å². The average molecular weight is 267 g/mol. The summed E-state index contributed by atoms with van der Waals surface area (Å²) in [6.45, 7) is 1.32. The molecule has 0 spiro atoms. The molecule has 4 nitrogen and oxygen atoms in total. The molecule has 0 bridgehead atoms. The summed E-state index contributed by atoms with van der Waals surface area (Å²) in [6.07, 6.45) is -2.40. The van der Waals surface area contributed by atoms with Gasteiger partial charge in [0.1, 0.15) is 6.04 Å². The first-order valence-corrected chi connectivity index (χ1v) is 6.07. The second kappa shape index (κ2) is 5.88. The summed E-state index contributed by atoms with van der Waals surface area (Å²) < 4.78 is 38.6. The number of carbonyl (C=O) groups excluding carboxylic acids is 1. The number of hydrogen-bond acceptors (Lipinski definition) is 3. The Bertz CT molecular complexity index is 292. The minimum atomic E-state index is -4.43. The Morgan fingerprint density at radius 3 is 2.44 bits per heavy atom. The number of nitrogens with two attached hydrogens (primary N) is 1. The van der Waals surface area contributed by atoms with Gasteiger partial charge in [0.2, 0.25) is 5.91 Å². The van der Waals surface area contributed by atoms with E-state index in [1.165, 1.54) is 7.05 Å². The smallest absolute Gasteiger partial charge is 0.352 e. The Morgan fingerprint density at radius 1 is 1.50 bits per heavy atom.